The van der Waals surface area contributed by atoms with Gasteiger partial charge in [0, 0.05) is 11.6 Å². The van der Waals surface area contributed by atoms with Gasteiger partial charge in [-0.3, -0.25) is 0 Å². The zero-order valence-electron chi connectivity index (χ0n) is 10.2. The fourth-order valence-corrected chi connectivity index (χ4v) is 2.06. The second-order valence-corrected chi connectivity index (χ2v) is 4.53. The highest BCUT2D eigenvalue weighted by Crippen LogP contribution is 2.27. The Morgan fingerprint density at radius 2 is 2.00 bits per heavy atom. The summed E-state index contributed by atoms with van der Waals surface area (Å²) in [5, 5.41) is 3.93. The normalized spacial score (nSPS) is 10.6. The third-order valence-electron chi connectivity index (χ3n) is 2.77. The van der Waals surface area contributed by atoms with Crippen LogP contribution in [0.25, 0.3) is 11.1 Å². The molecule has 0 unspecified atom stereocenters. The summed E-state index contributed by atoms with van der Waals surface area (Å²) < 4.78 is 13.3. The molecule has 2 aromatic carbocycles. The van der Waals surface area contributed by atoms with Crippen LogP contribution in [-0.2, 0) is 6.54 Å². The van der Waals surface area contributed by atoms with E-state index in [4.69, 9.17) is 11.6 Å². The highest BCUT2D eigenvalue weighted by Gasteiger charge is 2.06. The molecule has 2 aromatic rings. The van der Waals surface area contributed by atoms with Crippen LogP contribution in [0.4, 0.5) is 4.39 Å². The third-order valence-corrected chi connectivity index (χ3v) is 3.01. The Kier molecular flexibility index (Phi) is 4.34. The summed E-state index contributed by atoms with van der Waals surface area (Å²) in [5.41, 5.74) is 2.94. The molecule has 2 rings (SSSR count). The lowest BCUT2D eigenvalue weighted by molar-refractivity contribution is 0.628. The minimum absolute atomic E-state index is 0.234. The largest absolute Gasteiger partial charge is 0.313 e. The van der Waals surface area contributed by atoms with Crippen molar-refractivity contribution in [1.82, 2.24) is 5.32 Å². The Balaban J connectivity index is 2.44. The van der Waals surface area contributed by atoms with Gasteiger partial charge in [0.2, 0.25) is 0 Å². The van der Waals surface area contributed by atoms with Crippen molar-refractivity contribution in [1.29, 1.82) is 0 Å². The summed E-state index contributed by atoms with van der Waals surface area (Å²) in [5.74, 6) is -0.234. The monoisotopic (exact) mass is 263 g/mol. The van der Waals surface area contributed by atoms with E-state index >= 15 is 0 Å². The SMILES string of the molecule is CCNCc1ccc(Cl)cc1-c1cccc(F)c1. The van der Waals surface area contributed by atoms with E-state index in [0.717, 1.165) is 29.8 Å². The predicted molar refractivity (Wildman–Crippen MR) is 74.2 cm³/mol. The first-order valence-electron chi connectivity index (χ1n) is 5.96. The molecule has 0 aliphatic carbocycles. The van der Waals surface area contributed by atoms with E-state index in [-0.39, 0.29) is 5.82 Å². The topological polar surface area (TPSA) is 12.0 Å². The molecule has 0 amide bonds. The van der Waals surface area contributed by atoms with Crippen molar-refractivity contribution in [2.45, 2.75) is 13.5 Å². The van der Waals surface area contributed by atoms with Crippen molar-refractivity contribution in [2.24, 2.45) is 0 Å². The third kappa shape index (κ3) is 3.09. The van der Waals surface area contributed by atoms with Gasteiger partial charge in [0.1, 0.15) is 5.82 Å². The van der Waals surface area contributed by atoms with Crippen molar-refractivity contribution >= 4 is 11.6 Å². The molecule has 0 aliphatic rings. The van der Waals surface area contributed by atoms with Crippen molar-refractivity contribution in [2.75, 3.05) is 6.54 Å². The Bertz CT molecular complexity index is 540. The first-order valence-corrected chi connectivity index (χ1v) is 6.33. The van der Waals surface area contributed by atoms with Crippen LogP contribution in [0.2, 0.25) is 5.02 Å². The van der Waals surface area contributed by atoms with E-state index < -0.39 is 0 Å². The molecule has 1 N–H and O–H groups in total. The Hall–Kier alpha value is -1.38. The molecular formula is C15H15ClFN. The summed E-state index contributed by atoms with van der Waals surface area (Å²) >= 11 is 6.03. The van der Waals surface area contributed by atoms with Gasteiger partial charge in [-0.25, -0.2) is 4.39 Å². The summed E-state index contributed by atoms with van der Waals surface area (Å²) in [7, 11) is 0. The van der Waals surface area contributed by atoms with Crippen LogP contribution >= 0.6 is 11.6 Å². The minimum atomic E-state index is -0.234. The number of hydrogen-bond acceptors (Lipinski definition) is 1. The van der Waals surface area contributed by atoms with E-state index in [1.54, 1.807) is 6.07 Å². The summed E-state index contributed by atoms with van der Waals surface area (Å²) in [4.78, 5) is 0. The van der Waals surface area contributed by atoms with Crippen LogP contribution < -0.4 is 5.32 Å². The highest BCUT2D eigenvalue weighted by molar-refractivity contribution is 6.30. The van der Waals surface area contributed by atoms with E-state index in [1.807, 2.05) is 24.3 Å². The smallest absolute Gasteiger partial charge is 0.123 e. The van der Waals surface area contributed by atoms with Crippen LogP contribution in [0.5, 0.6) is 0 Å². The number of rotatable bonds is 4. The number of halogens is 2. The molecule has 0 atom stereocenters. The van der Waals surface area contributed by atoms with Gasteiger partial charge in [-0.15, -0.1) is 0 Å². The van der Waals surface area contributed by atoms with Gasteiger partial charge in [0.25, 0.3) is 0 Å². The second kappa shape index (κ2) is 5.98. The maximum atomic E-state index is 13.3. The van der Waals surface area contributed by atoms with Crippen LogP contribution in [0.15, 0.2) is 42.5 Å². The molecule has 0 heterocycles. The van der Waals surface area contributed by atoms with Gasteiger partial charge in [0.15, 0.2) is 0 Å². The summed E-state index contributed by atoms with van der Waals surface area (Å²) in [6.45, 7) is 3.70. The number of benzene rings is 2. The molecular weight excluding hydrogens is 249 g/mol. The minimum Gasteiger partial charge on any atom is -0.313 e. The van der Waals surface area contributed by atoms with Crippen LogP contribution in [0.1, 0.15) is 12.5 Å². The maximum Gasteiger partial charge on any atom is 0.123 e. The van der Waals surface area contributed by atoms with Gasteiger partial charge in [0.05, 0.1) is 0 Å². The van der Waals surface area contributed by atoms with Crippen molar-refractivity contribution < 1.29 is 4.39 Å². The van der Waals surface area contributed by atoms with E-state index in [1.165, 1.54) is 12.1 Å². The van der Waals surface area contributed by atoms with Gasteiger partial charge in [-0.1, -0.05) is 36.7 Å². The molecule has 94 valence electrons. The van der Waals surface area contributed by atoms with Crippen LogP contribution in [0.3, 0.4) is 0 Å². The fraction of sp³-hybridized carbons (Fsp3) is 0.200. The second-order valence-electron chi connectivity index (χ2n) is 4.09. The van der Waals surface area contributed by atoms with Gasteiger partial charge >= 0.3 is 0 Å². The van der Waals surface area contributed by atoms with E-state index in [2.05, 4.69) is 12.2 Å². The van der Waals surface area contributed by atoms with E-state index in [0.29, 0.717) is 5.02 Å². The number of nitrogens with one attached hydrogen (secondary N) is 1. The molecule has 0 fully saturated rings. The fourth-order valence-electron chi connectivity index (χ4n) is 1.89. The van der Waals surface area contributed by atoms with Crippen molar-refractivity contribution in [3.63, 3.8) is 0 Å². The Labute approximate surface area is 112 Å². The van der Waals surface area contributed by atoms with Crippen molar-refractivity contribution in [3.05, 3.63) is 58.9 Å². The molecule has 0 spiro atoms. The average molecular weight is 264 g/mol. The molecule has 0 aliphatic heterocycles. The molecule has 0 aromatic heterocycles. The Morgan fingerprint density at radius 1 is 1.17 bits per heavy atom. The summed E-state index contributed by atoms with van der Waals surface area (Å²) in [6, 6.07) is 12.3. The lowest BCUT2D eigenvalue weighted by Gasteiger charge is -2.11. The molecule has 0 radical (unpaired) electrons. The molecule has 0 bridgehead atoms. The molecule has 1 nitrogen and oxygen atoms in total. The van der Waals surface area contributed by atoms with Gasteiger partial charge in [-0.2, -0.15) is 0 Å². The average Bonchev–Trinajstić information content (AvgIpc) is 2.37. The standard InChI is InChI=1S/C15H15ClFN/c1-2-18-10-12-6-7-13(16)9-15(12)11-4-3-5-14(17)8-11/h3-9,18H,2,10H2,1H3. The zero-order chi connectivity index (χ0) is 13.0. The van der Waals surface area contributed by atoms with E-state index in [9.17, 15) is 4.39 Å². The lowest BCUT2D eigenvalue weighted by Crippen LogP contribution is -2.12. The first kappa shape index (κ1) is 13.1. The zero-order valence-corrected chi connectivity index (χ0v) is 11.0. The molecule has 18 heavy (non-hydrogen) atoms. The maximum absolute atomic E-state index is 13.3. The lowest BCUT2D eigenvalue weighted by atomic mass is 9.99. The molecule has 0 saturated heterocycles. The van der Waals surface area contributed by atoms with Crippen molar-refractivity contribution in [3.8, 4) is 11.1 Å². The number of hydrogen-bond donors (Lipinski definition) is 1. The molecule has 3 heteroatoms. The molecule has 0 saturated carbocycles. The van der Waals surface area contributed by atoms with Crippen LogP contribution in [0, 0.1) is 5.82 Å². The quantitative estimate of drug-likeness (QED) is 0.869. The highest BCUT2D eigenvalue weighted by atomic mass is 35.5. The first-order chi connectivity index (χ1) is 8.70. The van der Waals surface area contributed by atoms with Gasteiger partial charge < -0.3 is 5.32 Å². The summed E-state index contributed by atoms with van der Waals surface area (Å²) in [6.07, 6.45) is 0. The van der Waals surface area contributed by atoms with Gasteiger partial charge in [-0.05, 0) is 47.5 Å². The Morgan fingerprint density at radius 3 is 2.72 bits per heavy atom. The van der Waals surface area contributed by atoms with Crippen LogP contribution in [-0.4, -0.2) is 6.54 Å². The predicted octanol–water partition coefficient (Wildman–Crippen LogP) is 4.26.